The topological polar surface area (TPSA) is 3.24 Å². The molecule has 0 aliphatic carbocycles. The summed E-state index contributed by atoms with van der Waals surface area (Å²) in [6.07, 6.45) is 3.89. The Kier molecular flexibility index (Phi) is 6.43. The number of hydrogen-bond donors (Lipinski definition) is 0. The zero-order chi connectivity index (χ0) is 11.2. The Bertz CT molecular complexity index is 138. The second-order valence-electron chi connectivity index (χ2n) is 5.15. The molecule has 0 atom stereocenters. The van der Waals surface area contributed by atoms with Crippen molar-refractivity contribution in [3.63, 3.8) is 0 Å². The van der Waals surface area contributed by atoms with Crippen molar-refractivity contribution >= 4 is 0 Å². The zero-order valence-corrected chi connectivity index (χ0v) is 11.1. The van der Waals surface area contributed by atoms with E-state index >= 15 is 0 Å². The third-order valence-electron chi connectivity index (χ3n) is 3.50. The van der Waals surface area contributed by atoms with E-state index in [9.17, 15) is 0 Å². The minimum absolute atomic E-state index is 0.352. The first-order chi connectivity index (χ1) is 6.46. The molecule has 0 aromatic rings. The average molecular weight is 199 g/mol. The number of unbranched alkanes of at least 4 members (excludes halogenated alkanes) is 1. The molecule has 1 nitrogen and oxygen atoms in total. The summed E-state index contributed by atoms with van der Waals surface area (Å²) in [6, 6.07) is 0. The molecule has 0 bridgehead atoms. The van der Waals surface area contributed by atoms with Gasteiger partial charge in [0, 0.05) is 5.54 Å². The molecule has 0 saturated carbocycles. The molecule has 0 aliphatic rings. The number of hydrogen-bond acceptors (Lipinski definition) is 1. The molecule has 0 saturated heterocycles. The lowest BCUT2D eigenvalue weighted by atomic mass is 9.88. The summed E-state index contributed by atoms with van der Waals surface area (Å²) in [7, 11) is 0. The molecule has 0 N–H and O–H groups in total. The average Bonchev–Trinajstić information content (AvgIpc) is 2.11. The van der Waals surface area contributed by atoms with Crippen molar-refractivity contribution in [2.45, 2.75) is 66.3 Å². The Morgan fingerprint density at radius 2 is 1.57 bits per heavy atom. The lowest BCUT2D eigenvalue weighted by molar-refractivity contribution is 0.0749. The molecule has 0 aromatic heterocycles. The largest absolute Gasteiger partial charge is 0.298 e. The van der Waals surface area contributed by atoms with Gasteiger partial charge in [0.25, 0.3) is 0 Å². The van der Waals surface area contributed by atoms with Crippen LogP contribution in [0.3, 0.4) is 0 Å². The van der Waals surface area contributed by atoms with Gasteiger partial charge in [-0.25, -0.2) is 0 Å². The standard InChI is InChI=1S/C13H29N/c1-7-9-11-14(10-8-2)13(5,6)12(3)4/h12H,7-11H2,1-6H3. The van der Waals surface area contributed by atoms with Gasteiger partial charge in [0.15, 0.2) is 0 Å². The second kappa shape index (κ2) is 6.44. The highest BCUT2D eigenvalue weighted by Crippen LogP contribution is 2.24. The van der Waals surface area contributed by atoms with Crippen LogP contribution in [0.1, 0.15) is 60.8 Å². The van der Waals surface area contributed by atoms with Crippen molar-refractivity contribution in [2.24, 2.45) is 5.92 Å². The van der Waals surface area contributed by atoms with Crippen LogP contribution in [0.4, 0.5) is 0 Å². The maximum absolute atomic E-state index is 2.65. The van der Waals surface area contributed by atoms with Crippen molar-refractivity contribution in [3.05, 3.63) is 0 Å². The summed E-state index contributed by atoms with van der Waals surface area (Å²) in [5.41, 5.74) is 0.352. The quantitative estimate of drug-likeness (QED) is 0.600. The van der Waals surface area contributed by atoms with Crippen molar-refractivity contribution in [1.82, 2.24) is 4.90 Å². The summed E-state index contributed by atoms with van der Waals surface area (Å²) in [5, 5.41) is 0. The fraction of sp³-hybridized carbons (Fsp3) is 1.00. The third-order valence-corrected chi connectivity index (χ3v) is 3.50. The second-order valence-corrected chi connectivity index (χ2v) is 5.15. The van der Waals surface area contributed by atoms with Gasteiger partial charge in [0.1, 0.15) is 0 Å². The first-order valence-electron chi connectivity index (χ1n) is 6.21. The van der Waals surface area contributed by atoms with Gasteiger partial charge < -0.3 is 0 Å². The molecule has 0 radical (unpaired) electrons. The van der Waals surface area contributed by atoms with Gasteiger partial charge in [-0.2, -0.15) is 0 Å². The summed E-state index contributed by atoms with van der Waals surface area (Å²) < 4.78 is 0. The van der Waals surface area contributed by atoms with E-state index < -0.39 is 0 Å². The lowest BCUT2D eigenvalue weighted by Gasteiger charge is -2.42. The Labute approximate surface area is 90.9 Å². The molecule has 86 valence electrons. The monoisotopic (exact) mass is 199 g/mol. The van der Waals surface area contributed by atoms with E-state index in [0.717, 1.165) is 5.92 Å². The first-order valence-corrected chi connectivity index (χ1v) is 6.21. The van der Waals surface area contributed by atoms with Gasteiger partial charge in [0.2, 0.25) is 0 Å². The minimum atomic E-state index is 0.352. The summed E-state index contributed by atoms with van der Waals surface area (Å²) >= 11 is 0. The van der Waals surface area contributed by atoms with Crippen LogP contribution < -0.4 is 0 Å². The molecule has 0 aliphatic heterocycles. The van der Waals surface area contributed by atoms with Gasteiger partial charge >= 0.3 is 0 Å². The molecule has 14 heavy (non-hydrogen) atoms. The predicted octanol–water partition coefficient (Wildman–Crippen LogP) is 3.93. The van der Waals surface area contributed by atoms with Crippen LogP contribution in [0.15, 0.2) is 0 Å². The van der Waals surface area contributed by atoms with Gasteiger partial charge in [-0.05, 0) is 45.7 Å². The molecular weight excluding hydrogens is 170 g/mol. The Hall–Kier alpha value is -0.0400. The fourth-order valence-electron chi connectivity index (χ4n) is 1.67. The van der Waals surface area contributed by atoms with E-state index in [-0.39, 0.29) is 0 Å². The molecule has 0 unspecified atom stereocenters. The van der Waals surface area contributed by atoms with Crippen LogP contribution >= 0.6 is 0 Å². The summed E-state index contributed by atoms with van der Waals surface area (Å²) in [6.45, 7) is 16.5. The highest BCUT2D eigenvalue weighted by molar-refractivity contribution is 4.84. The maximum Gasteiger partial charge on any atom is 0.0176 e. The molecule has 0 rings (SSSR count). The third kappa shape index (κ3) is 4.00. The summed E-state index contributed by atoms with van der Waals surface area (Å²) in [5.74, 6) is 0.728. The normalized spacial score (nSPS) is 12.9. The van der Waals surface area contributed by atoms with Gasteiger partial charge in [0.05, 0.1) is 0 Å². The van der Waals surface area contributed by atoms with Crippen LogP contribution in [0.2, 0.25) is 0 Å². The number of rotatable bonds is 7. The Morgan fingerprint density at radius 3 is 1.93 bits per heavy atom. The molecule has 0 heterocycles. The van der Waals surface area contributed by atoms with E-state index in [0.29, 0.717) is 5.54 Å². The molecule has 0 amide bonds. The van der Waals surface area contributed by atoms with Crippen LogP contribution in [0, 0.1) is 5.92 Å². The number of nitrogens with zero attached hydrogens (tertiary/aromatic N) is 1. The highest BCUT2D eigenvalue weighted by Gasteiger charge is 2.28. The van der Waals surface area contributed by atoms with E-state index in [1.54, 1.807) is 0 Å². The van der Waals surface area contributed by atoms with Crippen LogP contribution in [-0.4, -0.2) is 23.5 Å². The van der Waals surface area contributed by atoms with Gasteiger partial charge in [-0.15, -0.1) is 0 Å². The van der Waals surface area contributed by atoms with Crippen molar-refractivity contribution in [3.8, 4) is 0 Å². The fourth-order valence-corrected chi connectivity index (χ4v) is 1.67. The highest BCUT2D eigenvalue weighted by atomic mass is 15.2. The molecule has 1 heteroatoms. The van der Waals surface area contributed by atoms with Gasteiger partial charge in [-0.3, -0.25) is 4.90 Å². The van der Waals surface area contributed by atoms with E-state index in [1.807, 2.05) is 0 Å². The lowest BCUT2D eigenvalue weighted by Crippen LogP contribution is -2.48. The zero-order valence-electron chi connectivity index (χ0n) is 11.1. The molecule has 0 fully saturated rings. The SMILES string of the molecule is CCCCN(CCC)C(C)(C)C(C)C. The molecule has 0 spiro atoms. The van der Waals surface area contributed by atoms with Crippen LogP contribution in [-0.2, 0) is 0 Å². The van der Waals surface area contributed by atoms with E-state index in [1.165, 1.54) is 32.4 Å². The Balaban J connectivity index is 4.29. The van der Waals surface area contributed by atoms with Crippen molar-refractivity contribution in [2.75, 3.05) is 13.1 Å². The molecular formula is C13H29N. The van der Waals surface area contributed by atoms with Crippen LogP contribution in [0.5, 0.6) is 0 Å². The van der Waals surface area contributed by atoms with Crippen LogP contribution in [0.25, 0.3) is 0 Å². The van der Waals surface area contributed by atoms with E-state index in [4.69, 9.17) is 0 Å². The first kappa shape index (κ1) is 14.0. The summed E-state index contributed by atoms with van der Waals surface area (Å²) in [4.78, 5) is 2.65. The van der Waals surface area contributed by atoms with Crippen molar-refractivity contribution in [1.29, 1.82) is 0 Å². The smallest absolute Gasteiger partial charge is 0.0176 e. The minimum Gasteiger partial charge on any atom is -0.298 e. The molecule has 0 aromatic carbocycles. The van der Waals surface area contributed by atoms with Crippen molar-refractivity contribution < 1.29 is 0 Å². The predicted molar refractivity (Wildman–Crippen MR) is 65.7 cm³/mol. The van der Waals surface area contributed by atoms with E-state index in [2.05, 4.69) is 46.4 Å². The van der Waals surface area contributed by atoms with Gasteiger partial charge in [-0.1, -0.05) is 34.1 Å². The maximum atomic E-state index is 2.65. The Morgan fingerprint density at radius 1 is 1.00 bits per heavy atom.